The first kappa shape index (κ1) is 9.90. The first-order chi connectivity index (χ1) is 8.22. The first-order valence-electron chi connectivity index (χ1n) is 5.52. The van der Waals surface area contributed by atoms with Crippen LogP contribution < -0.4 is 5.73 Å². The number of fused-ring (bicyclic) bond motifs is 1. The van der Waals surface area contributed by atoms with Gasteiger partial charge in [-0.3, -0.25) is 4.68 Å². The molecule has 3 aromatic rings. The average molecular weight is 223 g/mol. The number of benzene rings is 2. The molecule has 0 atom stereocenters. The summed E-state index contributed by atoms with van der Waals surface area (Å²) in [5.74, 6) is 0. The Morgan fingerprint density at radius 3 is 2.47 bits per heavy atom. The van der Waals surface area contributed by atoms with E-state index in [2.05, 4.69) is 17.2 Å². The van der Waals surface area contributed by atoms with Crippen molar-refractivity contribution in [3.05, 3.63) is 48.7 Å². The second kappa shape index (κ2) is 3.63. The molecule has 0 aliphatic carbocycles. The number of hydrogen-bond donors (Lipinski definition) is 1. The molecule has 1 heterocycles. The van der Waals surface area contributed by atoms with Crippen molar-refractivity contribution in [2.24, 2.45) is 7.05 Å². The van der Waals surface area contributed by atoms with Gasteiger partial charge in [-0.1, -0.05) is 18.2 Å². The van der Waals surface area contributed by atoms with Crippen molar-refractivity contribution in [1.29, 1.82) is 0 Å². The molecule has 0 saturated carbocycles. The Bertz CT molecular complexity index is 666. The van der Waals surface area contributed by atoms with E-state index in [1.165, 1.54) is 11.1 Å². The predicted molar refractivity (Wildman–Crippen MR) is 70.6 cm³/mol. The Kier molecular flexibility index (Phi) is 2.11. The Morgan fingerprint density at radius 2 is 1.71 bits per heavy atom. The maximum absolute atomic E-state index is 5.69. The minimum absolute atomic E-state index is 0.788. The van der Waals surface area contributed by atoms with Gasteiger partial charge in [-0.15, -0.1) is 0 Å². The summed E-state index contributed by atoms with van der Waals surface area (Å²) in [6.07, 6.45) is 2.02. The lowest BCUT2D eigenvalue weighted by Gasteiger charge is -2.01. The molecule has 2 aromatic carbocycles. The standard InChI is InChI=1S/C14H13N3/c1-17-9-12-8-11(4-7-14(12)16-17)10-2-5-13(15)6-3-10/h2-9H,15H2,1H3. The molecule has 0 aliphatic rings. The highest BCUT2D eigenvalue weighted by Crippen LogP contribution is 2.24. The Hall–Kier alpha value is -2.29. The molecule has 0 fully saturated rings. The van der Waals surface area contributed by atoms with Crippen LogP contribution in [0.5, 0.6) is 0 Å². The summed E-state index contributed by atoms with van der Waals surface area (Å²) < 4.78 is 1.83. The van der Waals surface area contributed by atoms with Gasteiger partial charge in [-0.05, 0) is 35.4 Å². The van der Waals surface area contributed by atoms with Gasteiger partial charge in [-0.25, -0.2) is 0 Å². The van der Waals surface area contributed by atoms with Gasteiger partial charge in [0.15, 0.2) is 0 Å². The molecule has 0 amide bonds. The summed E-state index contributed by atoms with van der Waals surface area (Å²) in [6.45, 7) is 0. The second-order valence-corrected chi connectivity index (χ2v) is 4.20. The van der Waals surface area contributed by atoms with Crippen molar-refractivity contribution in [2.45, 2.75) is 0 Å². The summed E-state index contributed by atoms with van der Waals surface area (Å²) >= 11 is 0. The number of anilines is 1. The molecular formula is C14H13N3. The van der Waals surface area contributed by atoms with Gasteiger partial charge in [0.1, 0.15) is 0 Å². The maximum Gasteiger partial charge on any atom is 0.0923 e. The fourth-order valence-electron chi connectivity index (χ4n) is 2.00. The SMILES string of the molecule is Cn1cc2cc(-c3ccc(N)cc3)ccc2n1. The van der Waals surface area contributed by atoms with Crippen LogP contribution in [0.3, 0.4) is 0 Å². The summed E-state index contributed by atoms with van der Waals surface area (Å²) in [6, 6.07) is 14.2. The van der Waals surface area contributed by atoms with Crippen LogP contribution in [0.1, 0.15) is 0 Å². The van der Waals surface area contributed by atoms with Gasteiger partial charge in [0, 0.05) is 24.3 Å². The normalized spacial score (nSPS) is 10.9. The summed E-state index contributed by atoms with van der Waals surface area (Å²) in [7, 11) is 1.93. The van der Waals surface area contributed by atoms with Crippen molar-refractivity contribution in [1.82, 2.24) is 9.78 Å². The van der Waals surface area contributed by atoms with Crippen molar-refractivity contribution >= 4 is 16.6 Å². The van der Waals surface area contributed by atoms with Crippen LogP contribution >= 0.6 is 0 Å². The van der Waals surface area contributed by atoms with Crippen molar-refractivity contribution < 1.29 is 0 Å². The summed E-state index contributed by atoms with van der Waals surface area (Å²) in [4.78, 5) is 0. The molecule has 17 heavy (non-hydrogen) atoms. The molecular weight excluding hydrogens is 210 g/mol. The van der Waals surface area contributed by atoms with E-state index >= 15 is 0 Å². The minimum Gasteiger partial charge on any atom is -0.399 e. The lowest BCUT2D eigenvalue weighted by atomic mass is 10.0. The van der Waals surface area contributed by atoms with E-state index in [1.54, 1.807) is 0 Å². The predicted octanol–water partition coefficient (Wildman–Crippen LogP) is 2.82. The van der Waals surface area contributed by atoms with Crippen molar-refractivity contribution in [3.63, 3.8) is 0 Å². The van der Waals surface area contributed by atoms with Crippen molar-refractivity contribution in [2.75, 3.05) is 5.73 Å². The molecule has 0 unspecified atom stereocenters. The zero-order valence-electron chi connectivity index (χ0n) is 9.59. The number of rotatable bonds is 1. The fourth-order valence-corrected chi connectivity index (χ4v) is 2.00. The summed E-state index contributed by atoms with van der Waals surface area (Å²) in [5.41, 5.74) is 9.85. The lowest BCUT2D eigenvalue weighted by molar-refractivity contribution is 0.780. The third-order valence-electron chi connectivity index (χ3n) is 2.86. The van der Waals surface area contributed by atoms with E-state index in [1.807, 2.05) is 48.3 Å². The Labute approximate surface area is 99.5 Å². The molecule has 0 bridgehead atoms. The first-order valence-corrected chi connectivity index (χ1v) is 5.52. The number of hydrogen-bond acceptors (Lipinski definition) is 2. The average Bonchev–Trinajstić information content (AvgIpc) is 2.69. The van der Waals surface area contributed by atoms with Crippen LogP contribution in [0.25, 0.3) is 22.0 Å². The summed E-state index contributed by atoms with van der Waals surface area (Å²) in [5, 5.41) is 5.51. The zero-order chi connectivity index (χ0) is 11.8. The number of aromatic nitrogens is 2. The van der Waals surface area contributed by atoms with Crippen LogP contribution in [-0.4, -0.2) is 9.78 Å². The molecule has 3 rings (SSSR count). The quantitative estimate of drug-likeness (QED) is 0.645. The van der Waals surface area contributed by atoms with E-state index < -0.39 is 0 Å². The molecule has 0 saturated heterocycles. The molecule has 1 aromatic heterocycles. The number of nitrogens with two attached hydrogens (primary N) is 1. The molecule has 0 spiro atoms. The highest BCUT2D eigenvalue weighted by atomic mass is 15.2. The third-order valence-corrected chi connectivity index (χ3v) is 2.86. The highest BCUT2D eigenvalue weighted by molar-refractivity contribution is 5.84. The van der Waals surface area contributed by atoms with Gasteiger partial charge in [0.25, 0.3) is 0 Å². The van der Waals surface area contributed by atoms with E-state index in [4.69, 9.17) is 5.73 Å². The van der Waals surface area contributed by atoms with Gasteiger partial charge in [0.2, 0.25) is 0 Å². The van der Waals surface area contributed by atoms with Gasteiger partial charge in [-0.2, -0.15) is 5.10 Å². The molecule has 0 radical (unpaired) electrons. The van der Waals surface area contributed by atoms with Crippen LogP contribution in [0.4, 0.5) is 5.69 Å². The molecule has 3 nitrogen and oxygen atoms in total. The third kappa shape index (κ3) is 1.76. The fraction of sp³-hybridized carbons (Fsp3) is 0.0714. The van der Waals surface area contributed by atoms with E-state index in [-0.39, 0.29) is 0 Å². The lowest BCUT2D eigenvalue weighted by Crippen LogP contribution is -1.84. The second-order valence-electron chi connectivity index (χ2n) is 4.20. The van der Waals surface area contributed by atoms with Gasteiger partial charge < -0.3 is 5.73 Å². The van der Waals surface area contributed by atoms with Crippen molar-refractivity contribution in [3.8, 4) is 11.1 Å². The molecule has 0 aliphatic heterocycles. The molecule has 84 valence electrons. The number of nitrogen functional groups attached to an aromatic ring is 1. The topological polar surface area (TPSA) is 43.8 Å². The van der Waals surface area contributed by atoms with Crippen LogP contribution in [0, 0.1) is 0 Å². The Morgan fingerprint density at radius 1 is 1.00 bits per heavy atom. The van der Waals surface area contributed by atoms with Gasteiger partial charge in [0.05, 0.1) is 5.52 Å². The monoisotopic (exact) mass is 223 g/mol. The Balaban J connectivity index is 2.13. The smallest absolute Gasteiger partial charge is 0.0923 e. The largest absolute Gasteiger partial charge is 0.399 e. The zero-order valence-corrected chi connectivity index (χ0v) is 9.59. The van der Waals surface area contributed by atoms with Crippen LogP contribution in [-0.2, 0) is 7.05 Å². The van der Waals surface area contributed by atoms with E-state index in [0.717, 1.165) is 16.6 Å². The maximum atomic E-state index is 5.69. The number of nitrogens with zero attached hydrogens (tertiary/aromatic N) is 2. The van der Waals surface area contributed by atoms with Gasteiger partial charge >= 0.3 is 0 Å². The molecule has 2 N–H and O–H groups in total. The number of aryl methyl sites for hydroxylation is 1. The van der Waals surface area contributed by atoms with Crippen LogP contribution in [0.2, 0.25) is 0 Å². The minimum atomic E-state index is 0.788. The van der Waals surface area contributed by atoms with E-state index in [9.17, 15) is 0 Å². The molecule has 3 heteroatoms. The van der Waals surface area contributed by atoms with Crippen LogP contribution in [0.15, 0.2) is 48.7 Å². The highest BCUT2D eigenvalue weighted by Gasteiger charge is 2.02. The van der Waals surface area contributed by atoms with E-state index in [0.29, 0.717) is 0 Å².